The summed E-state index contributed by atoms with van der Waals surface area (Å²) in [5.41, 5.74) is 0.209. The van der Waals surface area contributed by atoms with E-state index in [0.717, 1.165) is 6.08 Å². The molecule has 3 aromatic carbocycles. The third-order valence-electron chi connectivity index (χ3n) is 8.42. The van der Waals surface area contributed by atoms with Gasteiger partial charge in [-0.1, -0.05) is 49.4 Å². The van der Waals surface area contributed by atoms with E-state index in [-0.39, 0.29) is 28.4 Å². The summed E-state index contributed by atoms with van der Waals surface area (Å²) in [5.74, 6) is 0. The van der Waals surface area contributed by atoms with Crippen molar-refractivity contribution in [2.75, 3.05) is 0 Å². The third kappa shape index (κ3) is 4.43. The van der Waals surface area contributed by atoms with E-state index in [9.17, 15) is 47.4 Å². The second kappa shape index (κ2) is 9.84. The Hall–Kier alpha value is -5.84. The monoisotopic (exact) mass is 606 g/mol. The summed E-state index contributed by atoms with van der Waals surface area (Å²) in [6.07, 6.45) is -9.88. The van der Waals surface area contributed by atoms with E-state index < -0.39 is 35.3 Å². The molecule has 0 amide bonds. The van der Waals surface area contributed by atoms with Crippen LogP contribution in [0.25, 0.3) is 33.4 Å². The number of halogens is 6. The van der Waals surface area contributed by atoms with Crippen molar-refractivity contribution in [2.24, 2.45) is 0 Å². The van der Waals surface area contributed by atoms with E-state index >= 15 is 0 Å². The smallest absolute Gasteiger partial charge is 0.192 e. The van der Waals surface area contributed by atoms with Gasteiger partial charge in [-0.15, -0.1) is 0 Å². The number of nitrogens with zero attached hydrogens (tertiary/aromatic N) is 4. The fourth-order valence-electron chi connectivity index (χ4n) is 6.44. The van der Waals surface area contributed by atoms with E-state index in [1.807, 2.05) is 24.3 Å². The number of fused-ring (bicyclic) bond motifs is 6. The van der Waals surface area contributed by atoms with Crippen molar-refractivity contribution in [1.29, 1.82) is 21.0 Å². The van der Waals surface area contributed by atoms with Gasteiger partial charge in [0.2, 0.25) is 0 Å². The van der Waals surface area contributed by atoms with Crippen molar-refractivity contribution < 1.29 is 26.3 Å². The number of benzene rings is 3. The average Bonchev–Trinajstić information content (AvgIpc) is 3.48. The molecule has 10 heteroatoms. The van der Waals surface area contributed by atoms with Crippen LogP contribution in [0.4, 0.5) is 26.3 Å². The van der Waals surface area contributed by atoms with E-state index in [1.54, 1.807) is 42.5 Å². The number of alkyl halides is 6. The lowest BCUT2D eigenvalue weighted by molar-refractivity contribution is -0.100. The molecule has 3 aliphatic rings. The Morgan fingerprint density at radius 2 is 1.11 bits per heavy atom. The van der Waals surface area contributed by atoms with Crippen molar-refractivity contribution in [3.05, 3.63) is 117 Å². The highest BCUT2D eigenvalue weighted by atomic mass is 19.4. The van der Waals surface area contributed by atoms with Gasteiger partial charge >= 0.3 is 12.4 Å². The molecule has 0 aliphatic heterocycles. The van der Waals surface area contributed by atoms with E-state index in [0.29, 0.717) is 50.1 Å². The van der Waals surface area contributed by atoms with Gasteiger partial charge in [-0.05, 0) is 80.8 Å². The SMILES string of the molecule is CC1(c2ccc3c(c2)C(=C(C#N)C#N)c2cc4c(cc2-3)C(=C(C#N)C#N)c2ccccc2-4)C=C(C(F)(F)F)C=C(C(F)(F)F)C1. The summed E-state index contributed by atoms with van der Waals surface area (Å²) in [6, 6.07) is 22.7. The van der Waals surface area contributed by atoms with Gasteiger partial charge in [0.25, 0.3) is 0 Å². The van der Waals surface area contributed by atoms with Gasteiger partial charge in [-0.2, -0.15) is 47.4 Å². The van der Waals surface area contributed by atoms with Crippen LogP contribution in [0.2, 0.25) is 0 Å². The zero-order chi connectivity index (χ0) is 32.5. The molecule has 0 saturated carbocycles. The molecule has 0 bridgehead atoms. The van der Waals surface area contributed by atoms with Crippen LogP contribution in [-0.4, -0.2) is 12.4 Å². The first kappa shape index (κ1) is 29.2. The number of hydrogen-bond acceptors (Lipinski definition) is 4. The molecular formula is C35H16F6N4. The maximum Gasteiger partial charge on any atom is 0.416 e. The summed E-state index contributed by atoms with van der Waals surface area (Å²) < 4.78 is 82.7. The summed E-state index contributed by atoms with van der Waals surface area (Å²) in [5, 5.41) is 39.3. The van der Waals surface area contributed by atoms with Crippen molar-refractivity contribution in [2.45, 2.75) is 31.1 Å². The lowest BCUT2D eigenvalue weighted by Crippen LogP contribution is -2.31. The topological polar surface area (TPSA) is 95.2 Å². The van der Waals surface area contributed by atoms with Gasteiger partial charge in [0, 0.05) is 22.1 Å². The van der Waals surface area contributed by atoms with Crippen LogP contribution in [0, 0.1) is 45.3 Å². The minimum absolute atomic E-state index is 0.119. The summed E-state index contributed by atoms with van der Waals surface area (Å²) in [6.45, 7) is 1.29. The van der Waals surface area contributed by atoms with Gasteiger partial charge in [0.1, 0.15) is 35.4 Å². The molecule has 218 valence electrons. The van der Waals surface area contributed by atoms with Gasteiger partial charge in [-0.3, -0.25) is 0 Å². The fourth-order valence-corrected chi connectivity index (χ4v) is 6.44. The number of hydrogen-bond donors (Lipinski definition) is 0. The fraction of sp³-hybridized carbons (Fsp3) is 0.143. The molecule has 0 fully saturated rings. The molecule has 0 saturated heterocycles. The molecule has 6 rings (SSSR count). The molecule has 1 unspecified atom stereocenters. The molecule has 0 N–H and O–H groups in total. The highest BCUT2D eigenvalue weighted by Gasteiger charge is 2.46. The van der Waals surface area contributed by atoms with Gasteiger partial charge < -0.3 is 0 Å². The maximum atomic E-state index is 13.8. The van der Waals surface area contributed by atoms with E-state index in [2.05, 4.69) is 0 Å². The third-order valence-corrected chi connectivity index (χ3v) is 8.42. The predicted octanol–water partition coefficient (Wildman–Crippen LogP) is 8.98. The Morgan fingerprint density at radius 3 is 1.62 bits per heavy atom. The summed E-state index contributed by atoms with van der Waals surface area (Å²) in [4.78, 5) is 0. The number of rotatable bonds is 1. The van der Waals surface area contributed by atoms with Gasteiger partial charge in [-0.25, -0.2) is 0 Å². The van der Waals surface area contributed by atoms with Crippen LogP contribution < -0.4 is 0 Å². The Morgan fingerprint density at radius 1 is 0.622 bits per heavy atom. The first-order valence-corrected chi connectivity index (χ1v) is 13.4. The Kier molecular flexibility index (Phi) is 6.40. The normalized spacial score (nSPS) is 17.8. The molecule has 3 aliphatic carbocycles. The Bertz CT molecular complexity index is 2130. The standard InChI is InChI=1S/C35H16F6N4/c1-33(12-21(34(36,37)38)8-22(13-33)35(39,40)41)20-6-7-24-27-11-29-26(10-30(27)32(28(24)9-20)19(16-44)17-45)23-4-2-3-5-25(23)31(29)18(14-42)15-43/h2-12H,13H2,1H3. The van der Waals surface area contributed by atoms with Crippen LogP contribution in [-0.2, 0) is 5.41 Å². The van der Waals surface area contributed by atoms with Crippen molar-refractivity contribution in [3.8, 4) is 46.5 Å². The minimum atomic E-state index is -5.03. The molecule has 1 atom stereocenters. The molecule has 0 aromatic heterocycles. The minimum Gasteiger partial charge on any atom is -0.192 e. The van der Waals surface area contributed by atoms with Crippen molar-refractivity contribution in [1.82, 2.24) is 0 Å². The first-order chi connectivity index (χ1) is 21.3. The zero-order valence-electron chi connectivity index (χ0n) is 23.1. The van der Waals surface area contributed by atoms with Crippen LogP contribution >= 0.6 is 0 Å². The van der Waals surface area contributed by atoms with Crippen molar-refractivity contribution >= 4 is 11.1 Å². The van der Waals surface area contributed by atoms with Crippen LogP contribution in [0.3, 0.4) is 0 Å². The van der Waals surface area contributed by atoms with Crippen molar-refractivity contribution in [3.63, 3.8) is 0 Å². The highest BCUT2D eigenvalue weighted by Crippen LogP contribution is 2.54. The molecule has 0 heterocycles. The molecule has 3 aromatic rings. The molecule has 0 radical (unpaired) electrons. The van der Waals surface area contributed by atoms with Crippen LogP contribution in [0.1, 0.15) is 41.2 Å². The van der Waals surface area contributed by atoms with Crippen LogP contribution in [0.5, 0.6) is 0 Å². The summed E-state index contributed by atoms with van der Waals surface area (Å²) >= 11 is 0. The Balaban J connectivity index is 1.61. The largest absolute Gasteiger partial charge is 0.416 e. The second-order valence-electron chi connectivity index (χ2n) is 11.1. The van der Waals surface area contributed by atoms with Crippen LogP contribution in [0.15, 0.2) is 89.0 Å². The highest BCUT2D eigenvalue weighted by molar-refractivity contribution is 6.11. The summed E-state index contributed by atoms with van der Waals surface area (Å²) in [7, 11) is 0. The molecule has 4 nitrogen and oxygen atoms in total. The van der Waals surface area contributed by atoms with E-state index in [4.69, 9.17) is 0 Å². The molecule has 45 heavy (non-hydrogen) atoms. The first-order valence-electron chi connectivity index (χ1n) is 13.4. The van der Waals surface area contributed by atoms with E-state index in [1.165, 1.54) is 19.1 Å². The average molecular weight is 607 g/mol. The second-order valence-corrected chi connectivity index (χ2v) is 11.1. The Labute approximate surface area is 253 Å². The number of allylic oxidation sites excluding steroid dienone is 6. The zero-order valence-corrected chi connectivity index (χ0v) is 23.1. The lowest BCUT2D eigenvalue weighted by atomic mass is 9.72. The molecular weight excluding hydrogens is 590 g/mol. The quantitative estimate of drug-likeness (QED) is 0.141. The van der Waals surface area contributed by atoms with Gasteiger partial charge in [0.15, 0.2) is 0 Å². The molecule has 0 spiro atoms. The predicted molar refractivity (Wildman–Crippen MR) is 152 cm³/mol. The van der Waals surface area contributed by atoms with Gasteiger partial charge in [0.05, 0.1) is 5.57 Å². The maximum absolute atomic E-state index is 13.8. The lowest BCUT2D eigenvalue weighted by Gasteiger charge is -2.34. The number of nitriles is 4.